The number of aryl methyl sites for hydroxylation is 1. The molecular formula is C17H15F2N3O4. The second-order valence-corrected chi connectivity index (χ2v) is 5.77. The molecule has 0 aliphatic carbocycles. The van der Waals surface area contributed by atoms with Crippen LogP contribution >= 0.6 is 0 Å². The minimum atomic E-state index is -2.95. The molecule has 1 aromatic heterocycles. The number of carbonyl (C=O) groups is 2. The molecule has 1 N–H and O–H groups in total. The largest absolute Gasteiger partial charge is 0.460 e. The van der Waals surface area contributed by atoms with E-state index in [1.54, 1.807) is 19.1 Å². The molecule has 0 unspecified atom stereocenters. The molecule has 1 aliphatic heterocycles. The average Bonchev–Trinajstić information content (AvgIpc) is 3.08. The highest BCUT2D eigenvalue weighted by Crippen LogP contribution is 2.30. The van der Waals surface area contributed by atoms with E-state index in [1.165, 1.54) is 37.4 Å². The van der Waals surface area contributed by atoms with Gasteiger partial charge in [-0.3, -0.25) is 4.79 Å². The highest BCUT2D eigenvalue weighted by molar-refractivity contribution is 6.07. The molecule has 2 heterocycles. The van der Waals surface area contributed by atoms with Crippen LogP contribution in [0.5, 0.6) is 5.75 Å². The molecule has 0 radical (unpaired) electrons. The monoisotopic (exact) mass is 363 g/mol. The van der Waals surface area contributed by atoms with Gasteiger partial charge in [-0.2, -0.15) is 13.9 Å². The van der Waals surface area contributed by atoms with Gasteiger partial charge in [0.15, 0.2) is 0 Å². The van der Waals surface area contributed by atoms with Crippen LogP contribution in [0.4, 0.5) is 13.6 Å². The van der Waals surface area contributed by atoms with Crippen molar-refractivity contribution in [2.24, 2.45) is 5.10 Å². The molecule has 0 bridgehead atoms. The first kappa shape index (κ1) is 17.6. The molecule has 2 aromatic rings. The van der Waals surface area contributed by atoms with Crippen LogP contribution in [0.2, 0.25) is 0 Å². The summed E-state index contributed by atoms with van der Waals surface area (Å²) in [6.45, 7) is 0.311. The van der Waals surface area contributed by atoms with Gasteiger partial charge in [0.2, 0.25) is 0 Å². The fourth-order valence-electron chi connectivity index (χ4n) is 2.53. The first-order valence-corrected chi connectivity index (χ1v) is 7.62. The Morgan fingerprint density at radius 2 is 1.92 bits per heavy atom. The average molecular weight is 363 g/mol. The lowest BCUT2D eigenvalue weighted by Crippen LogP contribution is -2.40. The van der Waals surface area contributed by atoms with E-state index in [0.29, 0.717) is 22.1 Å². The molecule has 26 heavy (non-hydrogen) atoms. The van der Waals surface area contributed by atoms with E-state index in [1.807, 2.05) is 0 Å². The van der Waals surface area contributed by atoms with Crippen LogP contribution in [-0.4, -0.2) is 29.8 Å². The van der Waals surface area contributed by atoms with Gasteiger partial charge in [-0.1, -0.05) is 12.1 Å². The molecule has 3 amide bonds. The zero-order chi connectivity index (χ0) is 18.9. The van der Waals surface area contributed by atoms with Crippen molar-refractivity contribution >= 4 is 18.2 Å². The number of imide groups is 1. The van der Waals surface area contributed by atoms with Gasteiger partial charge in [0, 0.05) is 0 Å². The van der Waals surface area contributed by atoms with Crippen LogP contribution in [0.25, 0.3) is 0 Å². The number of hydrazone groups is 1. The Morgan fingerprint density at radius 1 is 1.23 bits per heavy atom. The number of amides is 3. The number of nitrogens with zero attached hydrogens (tertiary/aromatic N) is 2. The van der Waals surface area contributed by atoms with Crippen molar-refractivity contribution in [2.75, 3.05) is 0 Å². The molecule has 0 saturated carbocycles. The highest BCUT2D eigenvalue weighted by atomic mass is 19.3. The molecular weight excluding hydrogens is 348 g/mol. The number of carbonyl (C=O) groups excluding carboxylic acids is 2. The highest BCUT2D eigenvalue weighted by Gasteiger charge is 2.49. The summed E-state index contributed by atoms with van der Waals surface area (Å²) >= 11 is 0. The van der Waals surface area contributed by atoms with Gasteiger partial charge in [0.1, 0.15) is 22.8 Å². The maximum absolute atomic E-state index is 12.7. The third-order valence-corrected chi connectivity index (χ3v) is 3.89. The number of halogens is 2. The number of rotatable bonds is 5. The quantitative estimate of drug-likeness (QED) is 0.654. The van der Waals surface area contributed by atoms with Crippen LogP contribution in [-0.2, 0) is 10.3 Å². The number of nitrogens with one attached hydrogen (secondary N) is 1. The molecule has 1 aliphatic rings. The van der Waals surface area contributed by atoms with Gasteiger partial charge < -0.3 is 14.5 Å². The summed E-state index contributed by atoms with van der Waals surface area (Å²) in [6.07, 6.45) is 1.26. The molecule has 3 rings (SSSR count). The maximum Gasteiger partial charge on any atom is 0.387 e. The minimum absolute atomic E-state index is 0.0489. The Bertz CT molecular complexity index is 863. The van der Waals surface area contributed by atoms with Crippen molar-refractivity contribution in [1.29, 1.82) is 0 Å². The van der Waals surface area contributed by atoms with Crippen molar-refractivity contribution in [2.45, 2.75) is 26.0 Å². The predicted molar refractivity (Wildman–Crippen MR) is 86.8 cm³/mol. The summed E-state index contributed by atoms with van der Waals surface area (Å²) in [5.74, 6) is 0.404. The van der Waals surface area contributed by atoms with Gasteiger partial charge in [-0.05, 0) is 43.7 Å². The lowest BCUT2D eigenvalue weighted by atomic mass is 9.92. The standard InChI is InChI=1S/C17H15F2N3O4/c1-10-3-6-13(25-10)9-20-22-14(23)17(2,21-16(22)24)11-4-7-12(8-5-11)26-15(18)19/h3-9,15H,1-2H3,(H,21,24)/b20-9-/t17-/m0/s1. The number of hydrogen-bond acceptors (Lipinski definition) is 5. The zero-order valence-corrected chi connectivity index (χ0v) is 13.9. The predicted octanol–water partition coefficient (Wildman–Crippen LogP) is 2.99. The van der Waals surface area contributed by atoms with Gasteiger partial charge >= 0.3 is 12.6 Å². The third-order valence-electron chi connectivity index (χ3n) is 3.89. The molecule has 7 nitrogen and oxygen atoms in total. The van der Waals surface area contributed by atoms with E-state index in [0.717, 1.165) is 0 Å². The van der Waals surface area contributed by atoms with Gasteiger partial charge in [0.05, 0.1) is 6.21 Å². The number of benzene rings is 1. The van der Waals surface area contributed by atoms with Crippen LogP contribution in [0.1, 0.15) is 24.0 Å². The minimum Gasteiger partial charge on any atom is -0.460 e. The lowest BCUT2D eigenvalue weighted by Gasteiger charge is -2.21. The number of hydrogen-bond donors (Lipinski definition) is 1. The van der Waals surface area contributed by atoms with E-state index >= 15 is 0 Å². The number of ether oxygens (including phenoxy) is 1. The van der Waals surface area contributed by atoms with Crippen LogP contribution < -0.4 is 10.1 Å². The molecule has 1 aromatic carbocycles. The van der Waals surface area contributed by atoms with Crippen LogP contribution in [0.15, 0.2) is 45.9 Å². The first-order valence-electron chi connectivity index (χ1n) is 7.62. The van der Waals surface area contributed by atoms with E-state index in [4.69, 9.17) is 4.42 Å². The van der Waals surface area contributed by atoms with E-state index in [2.05, 4.69) is 15.2 Å². The summed E-state index contributed by atoms with van der Waals surface area (Å²) in [4.78, 5) is 24.8. The molecule has 1 saturated heterocycles. The normalized spacial score (nSPS) is 20.3. The Balaban J connectivity index is 1.81. The van der Waals surface area contributed by atoms with Gasteiger partial charge in [-0.15, -0.1) is 5.01 Å². The van der Waals surface area contributed by atoms with Gasteiger partial charge in [-0.25, -0.2) is 4.79 Å². The summed E-state index contributed by atoms with van der Waals surface area (Å²) < 4.78 is 34.0. The first-order chi connectivity index (χ1) is 12.3. The van der Waals surface area contributed by atoms with Gasteiger partial charge in [0.25, 0.3) is 5.91 Å². The summed E-state index contributed by atoms with van der Waals surface area (Å²) in [6, 6.07) is 8.12. The maximum atomic E-state index is 12.7. The number of furan rings is 1. The SMILES string of the molecule is Cc1ccc(/C=N\N2C(=O)N[C@@](C)(c3ccc(OC(F)F)cc3)C2=O)o1. The lowest BCUT2D eigenvalue weighted by molar-refractivity contribution is -0.131. The Kier molecular flexibility index (Phi) is 4.45. The van der Waals surface area contributed by atoms with E-state index < -0.39 is 24.1 Å². The van der Waals surface area contributed by atoms with Crippen molar-refractivity contribution in [3.8, 4) is 5.75 Å². The summed E-state index contributed by atoms with van der Waals surface area (Å²) in [5, 5.41) is 7.12. The smallest absolute Gasteiger partial charge is 0.387 e. The second-order valence-electron chi connectivity index (χ2n) is 5.77. The molecule has 136 valence electrons. The molecule has 0 spiro atoms. The summed E-state index contributed by atoms with van der Waals surface area (Å²) in [7, 11) is 0. The van der Waals surface area contributed by atoms with Crippen molar-refractivity contribution < 1.29 is 27.5 Å². The molecule has 1 fully saturated rings. The fourth-order valence-corrected chi connectivity index (χ4v) is 2.53. The Labute approximate surface area is 147 Å². The van der Waals surface area contributed by atoms with Crippen molar-refractivity contribution in [3.63, 3.8) is 0 Å². The Hall–Kier alpha value is -3.23. The fraction of sp³-hybridized carbons (Fsp3) is 0.235. The summed E-state index contributed by atoms with van der Waals surface area (Å²) in [5.41, 5.74) is -0.972. The number of alkyl halides is 2. The van der Waals surface area contributed by atoms with Crippen LogP contribution in [0.3, 0.4) is 0 Å². The number of urea groups is 1. The van der Waals surface area contributed by atoms with Crippen molar-refractivity contribution in [3.05, 3.63) is 53.5 Å². The third kappa shape index (κ3) is 3.28. The van der Waals surface area contributed by atoms with E-state index in [9.17, 15) is 18.4 Å². The van der Waals surface area contributed by atoms with E-state index in [-0.39, 0.29) is 5.75 Å². The van der Waals surface area contributed by atoms with Crippen molar-refractivity contribution in [1.82, 2.24) is 10.3 Å². The Morgan fingerprint density at radius 3 is 2.50 bits per heavy atom. The topological polar surface area (TPSA) is 84.1 Å². The van der Waals surface area contributed by atoms with Crippen LogP contribution in [0, 0.1) is 6.92 Å². The molecule has 1 atom stereocenters. The zero-order valence-electron chi connectivity index (χ0n) is 13.9. The second kappa shape index (κ2) is 6.58. The molecule has 9 heteroatoms.